The molecule has 0 aromatic heterocycles. The maximum absolute atomic E-state index is 5.87. The van der Waals surface area contributed by atoms with Crippen molar-refractivity contribution in [3.63, 3.8) is 0 Å². The summed E-state index contributed by atoms with van der Waals surface area (Å²) >= 11 is 0. The number of benzene rings is 2. The van der Waals surface area contributed by atoms with Gasteiger partial charge in [-0.15, -0.1) is 0 Å². The summed E-state index contributed by atoms with van der Waals surface area (Å²) in [5, 5.41) is 6.69. The van der Waals surface area contributed by atoms with E-state index in [1.54, 1.807) is 14.2 Å². The first-order chi connectivity index (χ1) is 14.7. The van der Waals surface area contributed by atoms with Crippen LogP contribution in [-0.4, -0.2) is 46.5 Å². The number of methoxy groups -OCH3 is 1. The molecule has 3 rings (SSSR count). The molecule has 7 nitrogen and oxygen atoms in total. The highest BCUT2D eigenvalue weighted by atomic mass is 16.5. The minimum absolute atomic E-state index is 0.518. The number of hydrogen-bond acceptors (Lipinski definition) is 5. The number of fused-ring (bicyclic) bond motifs is 1. The van der Waals surface area contributed by atoms with Crippen molar-refractivity contribution in [2.45, 2.75) is 26.4 Å². The number of nitrogens with zero attached hydrogens (tertiary/aromatic N) is 1. The molecule has 0 unspecified atom stereocenters. The second-order valence-corrected chi connectivity index (χ2v) is 7.06. The van der Waals surface area contributed by atoms with Crippen molar-refractivity contribution >= 4 is 5.96 Å². The quantitative estimate of drug-likeness (QED) is 0.394. The van der Waals surface area contributed by atoms with E-state index in [2.05, 4.69) is 34.7 Å². The molecule has 7 heteroatoms. The van der Waals surface area contributed by atoms with Crippen LogP contribution in [0, 0.1) is 6.92 Å². The fourth-order valence-corrected chi connectivity index (χ4v) is 3.08. The van der Waals surface area contributed by atoms with Gasteiger partial charge in [0, 0.05) is 39.2 Å². The Hall–Kier alpha value is -2.93. The lowest BCUT2D eigenvalue weighted by atomic mass is 10.1. The van der Waals surface area contributed by atoms with Gasteiger partial charge in [0.15, 0.2) is 17.5 Å². The maximum Gasteiger partial charge on any atom is 0.191 e. The van der Waals surface area contributed by atoms with Gasteiger partial charge in [0.2, 0.25) is 0 Å². The van der Waals surface area contributed by atoms with Crippen LogP contribution in [0.5, 0.6) is 17.2 Å². The number of nitrogens with one attached hydrogen (secondary N) is 2. The van der Waals surface area contributed by atoms with Gasteiger partial charge in [0.25, 0.3) is 0 Å². The molecular weight excluding hydrogens is 382 g/mol. The highest BCUT2D eigenvalue weighted by Gasteiger charge is 2.11. The zero-order valence-corrected chi connectivity index (χ0v) is 18.0. The molecule has 0 bridgehead atoms. The molecule has 162 valence electrons. The van der Waals surface area contributed by atoms with Crippen molar-refractivity contribution in [1.29, 1.82) is 0 Å². The Kier molecular flexibility index (Phi) is 8.20. The molecule has 0 amide bonds. The van der Waals surface area contributed by atoms with E-state index in [-0.39, 0.29) is 0 Å². The van der Waals surface area contributed by atoms with Crippen LogP contribution < -0.4 is 24.8 Å². The number of hydrogen-bond donors (Lipinski definition) is 2. The Morgan fingerprint density at radius 2 is 1.80 bits per heavy atom. The van der Waals surface area contributed by atoms with Crippen LogP contribution >= 0.6 is 0 Å². The first-order valence-corrected chi connectivity index (χ1v) is 10.2. The van der Waals surface area contributed by atoms with Crippen molar-refractivity contribution in [2.24, 2.45) is 4.99 Å². The summed E-state index contributed by atoms with van der Waals surface area (Å²) in [6.07, 6.45) is 0.898. The van der Waals surface area contributed by atoms with E-state index in [0.29, 0.717) is 45.5 Å². The highest BCUT2D eigenvalue weighted by Crippen LogP contribution is 2.30. The van der Waals surface area contributed by atoms with Crippen molar-refractivity contribution in [1.82, 2.24) is 10.6 Å². The normalized spacial score (nSPS) is 13.5. The van der Waals surface area contributed by atoms with Crippen LogP contribution in [0.3, 0.4) is 0 Å². The van der Waals surface area contributed by atoms with Crippen molar-refractivity contribution in [3.05, 3.63) is 53.1 Å². The summed E-state index contributed by atoms with van der Waals surface area (Å²) in [6.45, 7) is 5.72. The Labute approximate surface area is 178 Å². The maximum atomic E-state index is 5.87. The van der Waals surface area contributed by atoms with Gasteiger partial charge in [0.1, 0.15) is 12.4 Å². The number of ether oxygens (including phenoxy) is 4. The third-order valence-electron chi connectivity index (χ3n) is 4.71. The Morgan fingerprint density at radius 3 is 2.60 bits per heavy atom. The molecule has 0 fully saturated rings. The van der Waals surface area contributed by atoms with Gasteiger partial charge in [-0.2, -0.15) is 0 Å². The Balaban J connectivity index is 1.56. The van der Waals surface area contributed by atoms with Gasteiger partial charge in [-0.3, -0.25) is 4.99 Å². The molecule has 2 aromatic carbocycles. The average molecular weight is 414 g/mol. The van der Waals surface area contributed by atoms with Crippen LogP contribution in [0.1, 0.15) is 23.1 Å². The third-order valence-corrected chi connectivity index (χ3v) is 4.71. The average Bonchev–Trinajstić information content (AvgIpc) is 3.00. The highest BCUT2D eigenvalue weighted by molar-refractivity contribution is 5.79. The minimum atomic E-state index is 0.518. The number of rotatable bonds is 8. The smallest absolute Gasteiger partial charge is 0.191 e. The lowest BCUT2D eigenvalue weighted by molar-refractivity contribution is 0.145. The van der Waals surface area contributed by atoms with E-state index in [9.17, 15) is 0 Å². The number of aryl methyl sites for hydroxylation is 1. The molecular formula is C23H31N3O4. The number of guanidine groups is 1. The molecule has 0 saturated carbocycles. The first-order valence-electron chi connectivity index (χ1n) is 10.2. The van der Waals surface area contributed by atoms with Gasteiger partial charge in [0.05, 0.1) is 19.8 Å². The standard InChI is InChI=1S/C23H31N3O4/c1-17-5-7-19(21(13-17)30-12-11-27-3)16-26-23(24-2)25-15-18-6-8-20-22(14-18)29-10-4-9-28-20/h5-8,13-14H,4,9-12,15-16H2,1-3H3,(H2,24,25,26). The van der Waals surface area contributed by atoms with Gasteiger partial charge >= 0.3 is 0 Å². The molecule has 30 heavy (non-hydrogen) atoms. The van der Waals surface area contributed by atoms with Crippen LogP contribution in [0.25, 0.3) is 0 Å². The molecule has 0 atom stereocenters. The van der Waals surface area contributed by atoms with E-state index >= 15 is 0 Å². The molecule has 2 N–H and O–H groups in total. The SMILES string of the molecule is CN=C(NCc1ccc2c(c1)OCCCO2)NCc1ccc(C)cc1OCCOC. The zero-order valence-electron chi connectivity index (χ0n) is 18.0. The summed E-state index contributed by atoms with van der Waals surface area (Å²) in [7, 11) is 3.43. The van der Waals surface area contributed by atoms with Crippen molar-refractivity contribution < 1.29 is 18.9 Å². The molecule has 0 spiro atoms. The van der Waals surface area contributed by atoms with E-state index in [4.69, 9.17) is 18.9 Å². The monoisotopic (exact) mass is 413 g/mol. The van der Waals surface area contributed by atoms with Crippen LogP contribution in [-0.2, 0) is 17.8 Å². The summed E-state index contributed by atoms with van der Waals surface area (Å²) in [5.41, 5.74) is 3.32. The molecule has 0 saturated heterocycles. The lowest BCUT2D eigenvalue weighted by Gasteiger charge is -2.16. The summed E-state index contributed by atoms with van der Waals surface area (Å²) in [4.78, 5) is 4.32. The topological polar surface area (TPSA) is 73.3 Å². The fourth-order valence-electron chi connectivity index (χ4n) is 3.08. The van der Waals surface area contributed by atoms with Gasteiger partial charge < -0.3 is 29.6 Å². The molecule has 0 aliphatic carbocycles. The summed E-state index contributed by atoms with van der Waals surface area (Å²) in [6, 6.07) is 12.2. The fraction of sp³-hybridized carbons (Fsp3) is 0.435. The lowest BCUT2D eigenvalue weighted by Crippen LogP contribution is -2.36. The van der Waals surface area contributed by atoms with Gasteiger partial charge in [-0.1, -0.05) is 18.2 Å². The van der Waals surface area contributed by atoms with E-state index in [0.717, 1.165) is 40.4 Å². The van der Waals surface area contributed by atoms with E-state index < -0.39 is 0 Å². The molecule has 1 aliphatic heterocycles. The molecule has 0 radical (unpaired) electrons. The molecule has 1 aliphatic rings. The first kappa shape index (κ1) is 21.8. The van der Waals surface area contributed by atoms with Gasteiger partial charge in [-0.05, 0) is 36.2 Å². The molecule has 2 aromatic rings. The molecule has 1 heterocycles. The van der Waals surface area contributed by atoms with Crippen molar-refractivity contribution in [3.8, 4) is 17.2 Å². The number of aliphatic imine (C=N–C) groups is 1. The van der Waals surface area contributed by atoms with Crippen LogP contribution in [0.2, 0.25) is 0 Å². The Bertz CT molecular complexity index is 854. The predicted octanol–water partition coefficient (Wildman–Crippen LogP) is 3.05. The zero-order chi connectivity index (χ0) is 21.2. The Morgan fingerprint density at radius 1 is 1.00 bits per heavy atom. The van der Waals surface area contributed by atoms with Crippen molar-refractivity contribution in [2.75, 3.05) is 40.6 Å². The summed E-state index contributed by atoms with van der Waals surface area (Å²) in [5.74, 6) is 3.18. The second-order valence-electron chi connectivity index (χ2n) is 7.06. The van der Waals surface area contributed by atoms with E-state index in [1.165, 1.54) is 0 Å². The second kappa shape index (κ2) is 11.3. The van der Waals surface area contributed by atoms with Gasteiger partial charge in [-0.25, -0.2) is 0 Å². The predicted molar refractivity (Wildman–Crippen MR) is 118 cm³/mol. The third kappa shape index (κ3) is 6.29. The minimum Gasteiger partial charge on any atom is -0.491 e. The summed E-state index contributed by atoms with van der Waals surface area (Å²) < 4.78 is 22.4. The van der Waals surface area contributed by atoms with Crippen LogP contribution in [0.4, 0.5) is 0 Å². The largest absolute Gasteiger partial charge is 0.491 e. The van der Waals surface area contributed by atoms with Crippen LogP contribution in [0.15, 0.2) is 41.4 Å². The van der Waals surface area contributed by atoms with E-state index in [1.807, 2.05) is 24.3 Å².